The van der Waals surface area contributed by atoms with E-state index in [1.54, 1.807) is 0 Å². The van der Waals surface area contributed by atoms with Gasteiger partial charge in [0.15, 0.2) is 0 Å². The maximum Gasteiger partial charge on any atom is 0.407 e. The van der Waals surface area contributed by atoms with Crippen molar-refractivity contribution in [1.82, 2.24) is 4.90 Å². The highest BCUT2D eigenvalue weighted by Crippen LogP contribution is 2.22. The van der Waals surface area contributed by atoms with E-state index in [9.17, 15) is 4.79 Å². The molecule has 0 bridgehead atoms. The van der Waals surface area contributed by atoms with Gasteiger partial charge in [0.1, 0.15) is 6.61 Å². The first kappa shape index (κ1) is 17.1. The number of amides is 1. The minimum absolute atomic E-state index is 0.0976. The molecule has 122 valence electrons. The molecule has 1 N–H and O–H groups in total. The van der Waals surface area contributed by atoms with Crippen LogP contribution in [0.5, 0.6) is 0 Å². The SMILES string of the molecule is CC(=NOCCOC1CCN(C(=O)O)CC1)c1ccc(Cl)s1. The first-order valence-electron chi connectivity index (χ1n) is 7.08. The second-order valence-electron chi connectivity index (χ2n) is 4.95. The molecule has 1 fully saturated rings. The number of likely N-dealkylation sites (tertiary alicyclic amines) is 1. The lowest BCUT2D eigenvalue weighted by atomic mass is 10.1. The lowest BCUT2D eigenvalue weighted by Gasteiger charge is -2.29. The highest BCUT2D eigenvalue weighted by atomic mass is 35.5. The molecule has 0 atom stereocenters. The summed E-state index contributed by atoms with van der Waals surface area (Å²) in [6, 6.07) is 3.73. The van der Waals surface area contributed by atoms with Crippen molar-refractivity contribution in [2.75, 3.05) is 26.3 Å². The molecule has 22 heavy (non-hydrogen) atoms. The summed E-state index contributed by atoms with van der Waals surface area (Å²) in [5.41, 5.74) is 0.784. The Morgan fingerprint density at radius 3 is 2.77 bits per heavy atom. The Balaban J connectivity index is 1.61. The maximum atomic E-state index is 10.8. The molecule has 1 aromatic heterocycles. The number of piperidine rings is 1. The third kappa shape index (κ3) is 5.15. The molecule has 8 heteroatoms. The summed E-state index contributed by atoms with van der Waals surface area (Å²) in [5, 5.41) is 12.9. The van der Waals surface area contributed by atoms with E-state index in [0.717, 1.165) is 27.8 Å². The van der Waals surface area contributed by atoms with Gasteiger partial charge in [-0.1, -0.05) is 16.8 Å². The van der Waals surface area contributed by atoms with E-state index in [1.165, 1.54) is 16.2 Å². The van der Waals surface area contributed by atoms with E-state index >= 15 is 0 Å². The number of oxime groups is 1. The molecule has 1 amide bonds. The van der Waals surface area contributed by atoms with Gasteiger partial charge < -0.3 is 19.6 Å². The average Bonchev–Trinajstić information content (AvgIpc) is 2.94. The van der Waals surface area contributed by atoms with Gasteiger partial charge in [-0.05, 0) is 31.9 Å². The van der Waals surface area contributed by atoms with Gasteiger partial charge in [0, 0.05) is 13.1 Å². The van der Waals surface area contributed by atoms with Gasteiger partial charge in [-0.15, -0.1) is 11.3 Å². The minimum atomic E-state index is -0.861. The number of hydrogen-bond donors (Lipinski definition) is 1. The standard InChI is InChI=1S/C14H19ClN2O4S/c1-10(12-2-3-13(15)22-12)16-21-9-8-20-11-4-6-17(7-5-11)14(18)19/h2-3,11H,4-9H2,1H3,(H,18,19). The van der Waals surface area contributed by atoms with E-state index in [2.05, 4.69) is 5.16 Å². The molecule has 2 heterocycles. The largest absolute Gasteiger partial charge is 0.465 e. The number of carboxylic acid groups (broad SMARTS) is 1. The normalized spacial score (nSPS) is 16.8. The van der Waals surface area contributed by atoms with Crippen LogP contribution in [0.1, 0.15) is 24.6 Å². The van der Waals surface area contributed by atoms with Crippen molar-refractivity contribution in [2.24, 2.45) is 5.16 Å². The number of hydrogen-bond acceptors (Lipinski definition) is 5. The lowest BCUT2D eigenvalue weighted by Crippen LogP contribution is -2.40. The van der Waals surface area contributed by atoms with Crippen LogP contribution in [0.15, 0.2) is 17.3 Å². The van der Waals surface area contributed by atoms with Crippen molar-refractivity contribution >= 4 is 34.7 Å². The predicted octanol–water partition coefficient (Wildman–Crippen LogP) is 3.30. The predicted molar refractivity (Wildman–Crippen MR) is 86.1 cm³/mol. The first-order valence-corrected chi connectivity index (χ1v) is 8.27. The van der Waals surface area contributed by atoms with Crippen molar-refractivity contribution in [1.29, 1.82) is 0 Å². The van der Waals surface area contributed by atoms with E-state index < -0.39 is 6.09 Å². The van der Waals surface area contributed by atoms with E-state index in [1.807, 2.05) is 19.1 Å². The maximum absolute atomic E-state index is 10.8. The molecule has 1 aliphatic rings. The van der Waals surface area contributed by atoms with Crippen LogP contribution in [-0.4, -0.2) is 54.2 Å². The van der Waals surface area contributed by atoms with Gasteiger partial charge in [0.05, 0.1) is 27.6 Å². The molecule has 6 nitrogen and oxygen atoms in total. The summed E-state index contributed by atoms with van der Waals surface area (Å²) in [6.07, 6.45) is 0.686. The second kappa shape index (κ2) is 8.36. The van der Waals surface area contributed by atoms with E-state index in [-0.39, 0.29) is 6.10 Å². The van der Waals surface area contributed by atoms with Crippen molar-refractivity contribution in [3.05, 3.63) is 21.3 Å². The summed E-state index contributed by atoms with van der Waals surface area (Å²) in [7, 11) is 0. The molecule has 0 radical (unpaired) electrons. The van der Waals surface area contributed by atoms with Gasteiger partial charge in [-0.2, -0.15) is 0 Å². The monoisotopic (exact) mass is 346 g/mol. The Hall–Kier alpha value is -1.31. The van der Waals surface area contributed by atoms with Gasteiger partial charge in [-0.3, -0.25) is 0 Å². The minimum Gasteiger partial charge on any atom is -0.465 e. The van der Waals surface area contributed by atoms with Crippen molar-refractivity contribution in [2.45, 2.75) is 25.9 Å². The van der Waals surface area contributed by atoms with Crippen LogP contribution < -0.4 is 0 Å². The number of ether oxygens (including phenoxy) is 1. The summed E-state index contributed by atoms with van der Waals surface area (Å²) in [6.45, 7) is 3.73. The zero-order valence-electron chi connectivity index (χ0n) is 12.3. The van der Waals surface area contributed by atoms with Crippen molar-refractivity contribution in [3.63, 3.8) is 0 Å². The number of halogens is 1. The van der Waals surface area contributed by atoms with Crippen LogP contribution in [-0.2, 0) is 9.57 Å². The molecule has 1 aliphatic heterocycles. The molecule has 1 saturated heterocycles. The van der Waals surface area contributed by atoms with Crippen LogP contribution >= 0.6 is 22.9 Å². The zero-order valence-corrected chi connectivity index (χ0v) is 13.9. The summed E-state index contributed by atoms with van der Waals surface area (Å²) >= 11 is 7.32. The van der Waals surface area contributed by atoms with Crippen LogP contribution in [0.4, 0.5) is 4.79 Å². The molecular formula is C14H19ClN2O4S. The summed E-state index contributed by atoms with van der Waals surface area (Å²) < 4.78 is 6.39. The molecule has 0 unspecified atom stereocenters. The van der Waals surface area contributed by atoms with Gasteiger partial charge >= 0.3 is 6.09 Å². The quantitative estimate of drug-likeness (QED) is 0.487. The van der Waals surface area contributed by atoms with Crippen LogP contribution in [0.2, 0.25) is 4.34 Å². The molecular weight excluding hydrogens is 328 g/mol. The zero-order chi connectivity index (χ0) is 15.9. The van der Waals surface area contributed by atoms with E-state index in [0.29, 0.717) is 26.3 Å². The molecule has 0 spiro atoms. The Labute approximate surface area is 138 Å². The summed E-state index contributed by atoms with van der Waals surface area (Å²) in [4.78, 5) is 18.4. The summed E-state index contributed by atoms with van der Waals surface area (Å²) in [5.74, 6) is 0. The van der Waals surface area contributed by atoms with Crippen LogP contribution in [0.25, 0.3) is 0 Å². The Bertz CT molecular complexity index is 527. The van der Waals surface area contributed by atoms with E-state index in [4.69, 9.17) is 26.3 Å². The Kier molecular flexibility index (Phi) is 6.48. The van der Waals surface area contributed by atoms with Gasteiger partial charge in [0.25, 0.3) is 0 Å². The fourth-order valence-corrected chi connectivity index (χ4v) is 3.14. The number of rotatable bonds is 6. The third-order valence-corrected chi connectivity index (χ3v) is 4.71. The second-order valence-corrected chi connectivity index (χ2v) is 6.67. The molecule has 0 aromatic carbocycles. The fraction of sp³-hybridized carbons (Fsp3) is 0.571. The number of nitrogens with zero attached hydrogens (tertiary/aromatic N) is 2. The van der Waals surface area contributed by atoms with Crippen LogP contribution in [0.3, 0.4) is 0 Å². The molecule has 0 saturated carbocycles. The first-order chi connectivity index (χ1) is 10.6. The highest BCUT2D eigenvalue weighted by Gasteiger charge is 2.22. The van der Waals surface area contributed by atoms with Crippen molar-refractivity contribution < 1.29 is 19.5 Å². The van der Waals surface area contributed by atoms with Crippen LogP contribution in [0, 0.1) is 0 Å². The number of carbonyl (C=O) groups is 1. The van der Waals surface area contributed by atoms with Gasteiger partial charge in [-0.25, -0.2) is 4.79 Å². The highest BCUT2D eigenvalue weighted by molar-refractivity contribution is 7.18. The van der Waals surface area contributed by atoms with Gasteiger partial charge in [0.2, 0.25) is 0 Å². The third-order valence-electron chi connectivity index (χ3n) is 3.37. The van der Waals surface area contributed by atoms with Crippen molar-refractivity contribution in [3.8, 4) is 0 Å². The Morgan fingerprint density at radius 2 is 2.18 bits per heavy atom. The topological polar surface area (TPSA) is 71.4 Å². The number of thiophene rings is 1. The smallest absolute Gasteiger partial charge is 0.407 e. The molecule has 0 aliphatic carbocycles. The fourth-order valence-electron chi connectivity index (χ4n) is 2.16. The lowest BCUT2D eigenvalue weighted by molar-refractivity contribution is -0.0192. The molecule has 1 aromatic rings. The Morgan fingerprint density at radius 1 is 1.45 bits per heavy atom. The molecule has 2 rings (SSSR count). The average molecular weight is 347 g/mol.